The Kier molecular flexibility index (Phi) is 3.55. The van der Waals surface area contributed by atoms with Gasteiger partial charge in [0.1, 0.15) is 6.07 Å². The third kappa shape index (κ3) is 2.85. The highest BCUT2D eigenvalue weighted by Gasteiger charge is 2.28. The third-order valence-corrected chi connectivity index (χ3v) is 4.45. The Labute approximate surface area is 126 Å². The number of nitrogens with zero attached hydrogens (tertiary/aromatic N) is 2. The standard InChI is InChI=1S/C18H21N3/c1-18(2)9-5-6-14(10-18)21-17-13(11-19)12-20-16-8-4-3-7-15(16)17/h3-4,7-8,12,14H,5-6,9-10H2,1-2H3,(H,20,21). The van der Waals surface area contributed by atoms with Gasteiger partial charge in [-0.3, -0.25) is 4.98 Å². The lowest BCUT2D eigenvalue weighted by Gasteiger charge is -2.36. The molecule has 1 aliphatic carbocycles. The van der Waals surface area contributed by atoms with Crippen LogP contribution in [0.2, 0.25) is 0 Å². The smallest absolute Gasteiger partial charge is 0.103 e. The van der Waals surface area contributed by atoms with E-state index in [1.165, 1.54) is 19.3 Å². The van der Waals surface area contributed by atoms with E-state index in [0.29, 0.717) is 17.0 Å². The van der Waals surface area contributed by atoms with E-state index in [0.717, 1.165) is 23.0 Å². The summed E-state index contributed by atoms with van der Waals surface area (Å²) in [5.74, 6) is 0. The summed E-state index contributed by atoms with van der Waals surface area (Å²) in [7, 11) is 0. The van der Waals surface area contributed by atoms with Gasteiger partial charge in [-0.15, -0.1) is 0 Å². The van der Waals surface area contributed by atoms with Gasteiger partial charge < -0.3 is 5.32 Å². The number of rotatable bonds is 2. The molecule has 1 N–H and O–H groups in total. The van der Waals surface area contributed by atoms with Crippen LogP contribution in [0.15, 0.2) is 30.5 Å². The fraction of sp³-hybridized carbons (Fsp3) is 0.444. The van der Waals surface area contributed by atoms with Crippen molar-refractivity contribution in [2.24, 2.45) is 5.41 Å². The highest BCUT2D eigenvalue weighted by molar-refractivity contribution is 5.93. The van der Waals surface area contributed by atoms with Gasteiger partial charge in [0.15, 0.2) is 0 Å². The maximum Gasteiger partial charge on any atom is 0.103 e. The second kappa shape index (κ2) is 5.37. The highest BCUT2D eigenvalue weighted by Crippen LogP contribution is 2.37. The molecule has 0 saturated heterocycles. The number of pyridine rings is 1. The van der Waals surface area contributed by atoms with Crippen molar-refractivity contribution in [3.05, 3.63) is 36.0 Å². The second-order valence-corrected chi connectivity index (χ2v) is 6.78. The molecule has 1 aromatic carbocycles. The minimum atomic E-state index is 0.381. The fourth-order valence-electron chi connectivity index (χ4n) is 3.41. The molecule has 21 heavy (non-hydrogen) atoms. The molecule has 1 saturated carbocycles. The first kappa shape index (κ1) is 13.9. The van der Waals surface area contributed by atoms with Crippen LogP contribution in [0.4, 0.5) is 5.69 Å². The van der Waals surface area contributed by atoms with E-state index in [1.807, 2.05) is 24.3 Å². The van der Waals surface area contributed by atoms with E-state index in [2.05, 4.69) is 30.2 Å². The molecule has 3 heteroatoms. The Bertz CT molecular complexity index is 697. The Morgan fingerprint density at radius 2 is 2.14 bits per heavy atom. The van der Waals surface area contributed by atoms with Crippen LogP contribution >= 0.6 is 0 Å². The van der Waals surface area contributed by atoms with Crippen molar-refractivity contribution in [3.8, 4) is 6.07 Å². The van der Waals surface area contributed by atoms with Gasteiger partial charge in [-0.05, 0) is 30.7 Å². The van der Waals surface area contributed by atoms with Crippen LogP contribution in [0.1, 0.15) is 45.1 Å². The van der Waals surface area contributed by atoms with Crippen molar-refractivity contribution in [3.63, 3.8) is 0 Å². The number of nitrogens with one attached hydrogen (secondary N) is 1. The number of hydrogen-bond donors (Lipinski definition) is 1. The number of aromatic nitrogens is 1. The molecule has 1 unspecified atom stereocenters. The maximum absolute atomic E-state index is 9.38. The van der Waals surface area contributed by atoms with E-state index in [-0.39, 0.29) is 0 Å². The van der Waals surface area contributed by atoms with Crippen molar-refractivity contribution < 1.29 is 0 Å². The number of nitriles is 1. The van der Waals surface area contributed by atoms with Crippen LogP contribution in [0, 0.1) is 16.7 Å². The first-order valence-corrected chi connectivity index (χ1v) is 7.63. The zero-order valence-corrected chi connectivity index (χ0v) is 12.7. The van der Waals surface area contributed by atoms with Gasteiger partial charge in [0.05, 0.1) is 16.8 Å². The Morgan fingerprint density at radius 1 is 1.33 bits per heavy atom. The van der Waals surface area contributed by atoms with Crippen LogP contribution in [-0.2, 0) is 0 Å². The maximum atomic E-state index is 9.38. The molecule has 1 fully saturated rings. The minimum Gasteiger partial charge on any atom is -0.381 e. The number of para-hydroxylation sites is 1. The molecule has 0 spiro atoms. The second-order valence-electron chi connectivity index (χ2n) is 6.78. The molecule has 2 aromatic rings. The van der Waals surface area contributed by atoms with Gasteiger partial charge in [-0.1, -0.05) is 38.5 Å². The normalized spacial score (nSPS) is 20.9. The first-order valence-electron chi connectivity index (χ1n) is 7.63. The molecule has 1 aliphatic rings. The third-order valence-electron chi connectivity index (χ3n) is 4.45. The average molecular weight is 279 g/mol. The molecule has 0 aliphatic heterocycles. The molecule has 0 radical (unpaired) electrons. The fourth-order valence-corrected chi connectivity index (χ4v) is 3.41. The van der Waals surface area contributed by atoms with Crippen LogP contribution in [-0.4, -0.2) is 11.0 Å². The van der Waals surface area contributed by atoms with E-state index in [1.54, 1.807) is 6.20 Å². The summed E-state index contributed by atoms with van der Waals surface area (Å²) in [4.78, 5) is 4.37. The number of anilines is 1. The number of hydrogen-bond acceptors (Lipinski definition) is 3. The van der Waals surface area contributed by atoms with Crippen molar-refractivity contribution >= 4 is 16.6 Å². The van der Waals surface area contributed by atoms with Gasteiger partial charge in [0.25, 0.3) is 0 Å². The lowest BCUT2D eigenvalue weighted by Crippen LogP contribution is -2.32. The Balaban J connectivity index is 1.98. The summed E-state index contributed by atoms with van der Waals surface area (Å²) < 4.78 is 0. The molecule has 3 rings (SSSR count). The van der Waals surface area contributed by atoms with Crippen LogP contribution in [0.3, 0.4) is 0 Å². The van der Waals surface area contributed by atoms with Crippen molar-refractivity contribution in [2.45, 2.75) is 45.6 Å². The molecular formula is C18H21N3. The monoisotopic (exact) mass is 279 g/mol. The van der Waals surface area contributed by atoms with Crippen molar-refractivity contribution in [1.29, 1.82) is 5.26 Å². The average Bonchev–Trinajstić information content (AvgIpc) is 2.46. The largest absolute Gasteiger partial charge is 0.381 e. The molecule has 1 aromatic heterocycles. The van der Waals surface area contributed by atoms with E-state index in [9.17, 15) is 5.26 Å². The molecule has 0 amide bonds. The molecule has 1 heterocycles. The van der Waals surface area contributed by atoms with Crippen molar-refractivity contribution in [2.75, 3.05) is 5.32 Å². The quantitative estimate of drug-likeness (QED) is 0.881. The van der Waals surface area contributed by atoms with E-state index < -0.39 is 0 Å². The predicted molar refractivity (Wildman–Crippen MR) is 86.1 cm³/mol. The van der Waals surface area contributed by atoms with E-state index in [4.69, 9.17) is 0 Å². The van der Waals surface area contributed by atoms with Crippen molar-refractivity contribution in [1.82, 2.24) is 4.98 Å². The predicted octanol–water partition coefficient (Wildman–Crippen LogP) is 4.49. The zero-order valence-electron chi connectivity index (χ0n) is 12.7. The van der Waals surface area contributed by atoms with Gasteiger partial charge >= 0.3 is 0 Å². The molecule has 108 valence electrons. The summed E-state index contributed by atoms with van der Waals surface area (Å²) in [6.07, 6.45) is 6.53. The van der Waals surface area contributed by atoms with E-state index >= 15 is 0 Å². The van der Waals surface area contributed by atoms with Crippen LogP contribution in [0.25, 0.3) is 10.9 Å². The zero-order chi connectivity index (χ0) is 14.9. The Morgan fingerprint density at radius 3 is 2.90 bits per heavy atom. The summed E-state index contributed by atoms with van der Waals surface area (Å²) in [5, 5.41) is 14.1. The van der Waals surface area contributed by atoms with Gasteiger partial charge in [0, 0.05) is 17.6 Å². The molecular weight excluding hydrogens is 258 g/mol. The molecule has 0 bridgehead atoms. The summed E-state index contributed by atoms with van der Waals surface area (Å²) in [6, 6.07) is 10.7. The van der Waals surface area contributed by atoms with Gasteiger partial charge in [-0.2, -0.15) is 5.26 Å². The number of benzene rings is 1. The number of fused-ring (bicyclic) bond motifs is 1. The molecule has 1 atom stereocenters. The SMILES string of the molecule is CC1(C)CCCC(Nc2c(C#N)cnc3ccccc23)C1. The Hall–Kier alpha value is -2.08. The topological polar surface area (TPSA) is 48.7 Å². The highest BCUT2D eigenvalue weighted by atomic mass is 14.9. The summed E-state index contributed by atoms with van der Waals surface area (Å²) >= 11 is 0. The lowest BCUT2D eigenvalue weighted by atomic mass is 9.75. The van der Waals surface area contributed by atoms with Crippen LogP contribution < -0.4 is 5.32 Å². The summed E-state index contributed by atoms with van der Waals surface area (Å²) in [5.41, 5.74) is 2.91. The first-order chi connectivity index (χ1) is 10.1. The van der Waals surface area contributed by atoms with Crippen LogP contribution in [0.5, 0.6) is 0 Å². The lowest BCUT2D eigenvalue weighted by molar-refractivity contribution is 0.229. The summed E-state index contributed by atoms with van der Waals surface area (Å²) in [6.45, 7) is 4.66. The molecule has 3 nitrogen and oxygen atoms in total. The van der Waals surface area contributed by atoms with Gasteiger partial charge in [-0.25, -0.2) is 0 Å². The van der Waals surface area contributed by atoms with Gasteiger partial charge in [0.2, 0.25) is 0 Å². The minimum absolute atomic E-state index is 0.381.